The van der Waals surface area contributed by atoms with Crippen LogP contribution in [-0.2, 0) is 11.3 Å². The second kappa shape index (κ2) is 9.68. The summed E-state index contributed by atoms with van der Waals surface area (Å²) in [7, 11) is 1.46. The van der Waals surface area contributed by atoms with Crippen LogP contribution in [-0.4, -0.2) is 32.1 Å². The Kier molecular flexibility index (Phi) is 7.31. The number of esters is 1. The predicted molar refractivity (Wildman–Crippen MR) is 96.4 cm³/mol. The summed E-state index contributed by atoms with van der Waals surface area (Å²) in [5.41, 5.74) is 1.08. The highest BCUT2D eigenvalue weighted by atomic mass is 19.3. The van der Waals surface area contributed by atoms with E-state index in [4.69, 9.17) is 14.2 Å². The fourth-order valence-corrected chi connectivity index (χ4v) is 2.43. The topological polar surface area (TPSA) is 71.1 Å². The standard InChI is InChI=1S/C20H20F2O6/c1-4-26-18-10-14(6-8-17(18)28-20(21)22)19(24)27-11-15-9-13(12(2)23)5-7-16(15)25-3/h5-10,20H,4,11H2,1-3H3. The van der Waals surface area contributed by atoms with Crippen molar-refractivity contribution < 1.29 is 37.3 Å². The van der Waals surface area contributed by atoms with E-state index in [9.17, 15) is 18.4 Å². The molecule has 0 aromatic heterocycles. The Morgan fingerprint density at radius 2 is 1.68 bits per heavy atom. The van der Waals surface area contributed by atoms with E-state index in [1.165, 1.54) is 32.2 Å². The lowest BCUT2D eigenvalue weighted by molar-refractivity contribution is -0.0514. The maximum atomic E-state index is 12.5. The van der Waals surface area contributed by atoms with Gasteiger partial charge in [0, 0.05) is 11.1 Å². The zero-order chi connectivity index (χ0) is 20.7. The molecule has 0 fully saturated rings. The van der Waals surface area contributed by atoms with Gasteiger partial charge in [0.25, 0.3) is 0 Å². The van der Waals surface area contributed by atoms with Crippen LogP contribution in [0.5, 0.6) is 17.2 Å². The van der Waals surface area contributed by atoms with Crippen molar-refractivity contribution in [2.45, 2.75) is 27.1 Å². The average molecular weight is 394 g/mol. The number of rotatable bonds is 9. The molecular formula is C20H20F2O6. The molecule has 0 heterocycles. The highest BCUT2D eigenvalue weighted by molar-refractivity contribution is 5.94. The van der Waals surface area contributed by atoms with E-state index < -0.39 is 12.6 Å². The van der Waals surface area contributed by atoms with Gasteiger partial charge in [0.05, 0.1) is 19.3 Å². The smallest absolute Gasteiger partial charge is 0.387 e. The zero-order valence-corrected chi connectivity index (χ0v) is 15.7. The molecule has 8 heteroatoms. The fraction of sp³-hybridized carbons (Fsp3) is 0.300. The summed E-state index contributed by atoms with van der Waals surface area (Å²) in [6.07, 6.45) is 0. The van der Waals surface area contributed by atoms with Gasteiger partial charge in [0.2, 0.25) is 0 Å². The second-order valence-corrected chi connectivity index (χ2v) is 5.63. The number of alkyl halides is 2. The van der Waals surface area contributed by atoms with Crippen LogP contribution < -0.4 is 14.2 Å². The Morgan fingerprint density at radius 3 is 2.29 bits per heavy atom. The van der Waals surface area contributed by atoms with Gasteiger partial charge in [-0.1, -0.05) is 0 Å². The average Bonchev–Trinajstić information content (AvgIpc) is 2.66. The molecule has 0 atom stereocenters. The van der Waals surface area contributed by atoms with Crippen LogP contribution in [0.3, 0.4) is 0 Å². The third-order valence-corrected chi connectivity index (χ3v) is 3.74. The first-order valence-electron chi connectivity index (χ1n) is 8.42. The molecule has 0 unspecified atom stereocenters. The first-order valence-corrected chi connectivity index (χ1v) is 8.42. The Hall–Kier alpha value is -3.16. The zero-order valence-electron chi connectivity index (χ0n) is 15.7. The summed E-state index contributed by atoms with van der Waals surface area (Å²) in [6.45, 7) is 0.148. The van der Waals surface area contributed by atoms with E-state index in [1.54, 1.807) is 25.1 Å². The molecule has 0 bridgehead atoms. The number of ketones is 1. The van der Waals surface area contributed by atoms with E-state index in [1.807, 2.05) is 0 Å². The Morgan fingerprint density at radius 1 is 1.00 bits per heavy atom. The predicted octanol–water partition coefficient (Wildman–Crippen LogP) is 4.25. The lowest BCUT2D eigenvalue weighted by atomic mass is 10.1. The highest BCUT2D eigenvalue weighted by Gasteiger charge is 2.16. The number of ether oxygens (including phenoxy) is 4. The molecule has 2 aromatic rings. The molecular weight excluding hydrogens is 374 g/mol. The van der Waals surface area contributed by atoms with Gasteiger partial charge >= 0.3 is 12.6 Å². The van der Waals surface area contributed by atoms with Crippen molar-refractivity contribution in [2.75, 3.05) is 13.7 Å². The number of carbonyl (C=O) groups excluding carboxylic acids is 2. The molecule has 2 aromatic carbocycles. The minimum absolute atomic E-state index is 0.00778. The van der Waals surface area contributed by atoms with E-state index in [-0.39, 0.29) is 36.1 Å². The molecule has 0 spiro atoms. The van der Waals surface area contributed by atoms with Crippen molar-refractivity contribution in [1.82, 2.24) is 0 Å². The largest absolute Gasteiger partial charge is 0.496 e. The quantitative estimate of drug-likeness (QED) is 0.468. The van der Waals surface area contributed by atoms with Crippen molar-refractivity contribution in [3.8, 4) is 17.2 Å². The summed E-state index contributed by atoms with van der Waals surface area (Å²) >= 11 is 0. The van der Waals surface area contributed by atoms with Crippen LogP contribution in [0.1, 0.15) is 40.1 Å². The molecule has 0 aliphatic rings. The number of Topliss-reactive ketones (excluding diaryl/α,β-unsaturated/α-hetero) is 1. The third kappa shape index (κ3) is 5.42. The van der Waals surface area contributed by atoms with Crippen molar-refractivity contribution in [1.29, 1.82) is 0 Å². The van der Waals surface area contributed by atoms with Crippen LogP contribution in [0.2, 0.25) is 0 Å². The summed E-state index contributed by atoms with van der Waals surface area (Å²) < 4.78 is 45.0. The lowest BCUT2D eigenvalue weighted by Gasteiger charge is -2.13. The maximum absolute atomic E-state index is 12.5. The molecule has 6 nitrogen and oxygen atoms in total. The number of hydrogen-bond acceptors (Lipinski definition) is 6. The molecule has 0 radical (unpaired) electrons. The number of carbonyl (C=O) groups is 2. The van der Waals surface area contributed by atoms with Crippen LogP contribution in [0.15, 0.2) is 36.4 Å². The molecule has 28 heavy (non-hydrogen) atoms. The number of methoxy groups -OCH3 is 1. The molecule has 2 rings (SSSR count). The van der Waals surface area contributed by atoms with E-state index in [0.717, 1.165) is 0 Å². The van der Waals surface area contributed by atoms with Gasteiger partial charge in [-0.2, -0.15) is 8.78 Å². The second-order valence-electron chi connectivity index (χ2n) is 5.63. The first-order chi connectivity index (χ1) is 13.3. The van der Waals surface area contributed by atoms with E-state index in [0.29, 0.717) is 16.9 Å². The molecule has 0 N–H and O–H groups in total. The van der Waals surface area contributed by atoms with Crippen molar-refractivity contribution >= 4 is 11.8 Å². The third-order valence-electron chi connectivity index (χ3n) is 3.74. The Bertz CT molecular complexity index is 851. The van der Waals surface area contributed by atoms with Gasteiger partial charge in [-0.05, 0) is 50.2 Å². The Labute approximate surface area is 161 Å². The molecule has 0 aliphatic heterocycles. The van der Waals surface area contributed by atoms with Crippen molar-refractivity contribution in [2.24, 2.45) is 0 Å². The van der Waals surface area contributed by atoms with Crippen LogP contribution in [0.4, 0.5) is 8.78 Å². The normalized spacial score (nSPS) is 10.5. The van der Waals surface area contributed by atoms with Crippen LogP contribution in [0, 0.1) is 0 Å². The molecule has 150 valence electrons. The summed E-state index contributed by atoms with van der Waals surface area (Å²) in [6, 6.07) is 8.59. The first kappa shape index (κ1) is 21.1. The SMILES string of the molecule is CCOc1cc(C(=O)OCc2cc(C(C)=O)ccc2OC)ccc1OC(F)F. The monoisotopic (exact) mass is 394 g/mol. The fourth-order valence-electron chi connectivity index (χ4n) is 2.43. The summed E-state index contributed by atoms with van der Waals surface area (Å²) in [4.78, 5) is 23.9. The lowest BCUT2D eigenvalue weighted by Crippen LogP contribution is -2.09. The number of hydrogen-bond donors (Lipinski definition) is 0. The minimum atomic E-state index is -3.02. The summed E-state index contributed by atoms with van der Waals surface area (Å²) in [5, 5.41) is 0. The maximum Gasteiger partial charge on any atom is 0.387 e. The highest BCUT2D eigenvalue weighted by Crippen LogP contribution is 2.30. The van der Waals surface area contributed by atoms with Gasteiger partial charge in [-0.25, -0.2) is 4.79 Å². The van der Waals surface area contributed by atoms with E-state index >= 15 is 0 Å². The summed E-state index contributed by atoms with van der Waals surface area (Å²) in [5.74, 6) is -0.530. The molecule has 0 amide bonds. The van der Waals surface area contributed by atoms with Gasteiger partial charge in [0.15, 0.2) is 17.3 Å². The number of halogens is 2. The molecule has 0 aliphatic carbocycles. The number of benzene rings is 2. The molecule has 0 saturated carbocycles. The van der Waals surface area contributed by atoms with Gasteiger partial charge < -0.3 is 18.9 Å². The molecule has 0 saturated heterocycles. The Balaban J connectivity index is 2.18. The van der Waals surface area contributed by atoms with Crippen LogP contribution in [0.25, 0.3) is 0 Å². The van der Waals surface area contributed by atoms with Crippen LogP contribution >= 0.6 is 0 Å². The van der Waals surface area contributed by atoms with Gasteiger partial charge in [0.1, 0.15) is 12.4 Å². The van der Waals surface area contributed by atoms with Gasteiger partial charge in [-0.15, -0.1) is 0 Å². The van der Waals surface area contributed by atoms with Crippen molar-refractivity contribution in [3.63, 3.8) is 0 Å². The van der Waals surface area contributed by atoms with Gasteiger partial charge in [-0.3, -0.25) is 4.79 Å². The van der Waals surface area contributed by atoms with E-state index in [2.05, 4.69) is 4.74 Å². The minimum Gasteiger partial charge on any atom is -0.496 e. The van der Waals surface area contributed by atoms with Crippen molar-refractivity contribution in [3.05, 3.63) is 53.1 Å².